The van der Waals surface area contributed by atoms with Crippen LogP contribution in [0.1, 0.15) is 11.8 Å². The average Bonchev–Trinajstić information content (AvgIpc) is 3.05. The Bertz CT molecular complexity index is 722. The number of H-pyrrole nitrogens is 1. The van der Waals surface area contributed by atoms with Gasteiger partial charge in [-0.2, -0.15) is 9.97 Å². The molecule has 3 heterocycles. The average molecular weight is 353 g/mol. The predicted molar refractivity (Wildman–Crippen MR) is 85.2 cm³/mol. The Morgan fingerprint density at radius 3 is 3.00 bits per heavy atom. The van der Waals surface area contributed by atoms with Crippen LogP contribution in [-0.2, 0) is 6.54 Å². The maximum atomic E-state index is 4.47. The summed E-state index contributed by atoms with van der Waals surface area (Å²) in [7, 11) is 0. The van der Waals surface area contributed by atoms with Crippen molar-refractivity contribution in [1.29, 1.82) is 0 Å². The molecule has 20 heavy (non-hydrogen) atoms. The smallest absolute Gasteiger partial charge is 0.226 e. The highest BCUT2D eigenvalue weighted by Crippen LogP contribution is 2.23. The minimum absolute atomic E-state index is 0.585. The summed E-state index contributed by atoms with van der Waals surface area (Å²) in [6, 6.07) is 2.09. The van der Waals surface area contributed by atoms with E-state index < -0.39 is 0 Å². The molecule has 6 nitrogen and oxygen atoms in total. The first-order chi connectivity index (χ1) is 9.76. The molecular formula is C12H13BrN6S. The number of halogens is 1. The van der Waals surface area contributed by atoms with Gasteiger partial charge in [-0.1, -0.05) is 0 Å². The van der Waals surface area contributed by atoms with E-state index in [0.717, 1.165) is 22.4 Å². The van der Waals surface area contributed by atoms with Gasteiger partial charge in [0.2, 0.25) is 5.95 Å². The maximum absolute atomic E-state index is 4.47. The van der Waals surface area contributed by atoms with Crippen molar-refractivity contribution in [1.82, 2.24) is 19.9 Å². The second-order valence-electron chi connectivity index (χ2n) is 4.11. The highest BCUT2D eigenvalue weighted by Gasteiger charge is 2.09. The first-order valence-corrected chi connectivity index (χ1v) is 7.85. The fraction of sp³-hybridized carbons (Fsp3) is 0.250. The fourth-order valence-electron chi connectivity index (χ4n) is 1.82. The number of fused-ring (bicyclic) bond motifs is 1. The molecule has 0 bridgehead atoms. The zero-order valence-corrected chi connectivity index (χ0v) is 13.2. The zero-order valence-electron chi connectivity index (χ0n) is 10.8. The third-order valence-corrected chi connectivity index (χ3v) is 4.37. The van der Waals surface area contributed by atoms with Crippen LogP contribution in [0.3, 0.4) is 0 Å². The third kappa shape index (κ3) is 2.75. The number of thiophene rings is 1. The summed E-state index contributed by atoms with van der Waals surface area (Å²) >= 11 is 5.15. The molecule has 0 atom stereocenters. The van der Waals surface area contributed by atoms with Gasteiger partial charge in [0.25, 0.3) is 0 Å². The summed E-state index contributed by atoms with van der Waals surface area (Å²) in [4.78, 5) is 17.3. The molecule has 8 heteroatoms. The molecule has 3 rings (SSSR count). The Kier molecular flexibility index (Phi) is 3.83. The van der Waals surface area contributed by atoms with Gasteiger partial charge < -0.3 is 15.6 Å². The van der Waals surface area contributed by atoms with Gasteiger partial charge in [0.05, 0.1) is 12.9 Å². The molecule has 3 N–H and O–H groups in total. The van der Waals surface area contributed by atoms with E-state index in [1.54, 1.807) is 17.7 Å². The molecule has 3 aromatic rings. The second kappa shape index (κ2) is 5.76. The largest absolute Gasteiger partial charge is 0.363 e. The van der Waals surface area contributed by atoms with E-state index in [1.807, 2.05) is 6.92 Å². The summed E-state index contributed by atoms with van der Waals surface area (Å²) < 4.78 is 1.10. The molecule has 0 saturated heterocycles. The minimum atomic E-state index is 0.585. The maximum Gasteiger partial charge on any atom is 0.226 e. The monoisotopic (exact) mass is 352 g/mol. The van der Waals surface area contributed by atoms with Crippen molar-refractivity contribution in [2.24, 2.45) is 0 Å². The lowest BCUT2D eigenvalue weighted by molar-refractivity contribution is 1.08. The predicted octanol–water partition coefficient (Wildman–Crippen LogP) is 3.22. The topological polar surface area (TPSA) is 78.5 Å². The van der Waals surface area contributed by atoms with Crippen LogP contribution in [0.5, 0.6) is 0 Å². The van der Waals surface area contributed by atoms with E-state index in [0.29, 0.717) is 18.1 Å². The lowest BCUT2D eigenvalue weighted by atomic mass is 10.4. The van der Waals surface area contributed by atoms with Gasteiger partial charge in [-0.15, -0.1) is 11.3 Å². The standard InChI is InChI=1S/C12H13BrN6S/c1-2-14-12-18-10(9-11(19-12)17-6-16-9)15-4-8-3-7(13)5-20-8/h3,5-6H,2,4H2,1H3,(H3,14,15,16,17,18,19). The summed E-state index contributed by atoms with van der Waals surface area (Å²) in [5, 5.41) is 8.50. The van der Waals surface area contributed by atoms with Crippen molar-refractivity contribution in [2.45, 2.75) is 13.5 Å². The molecule has 0 aliphatic carbocycles. The number of anilines is 2. The normalized spacial score (nSPS) is 10.9. The van der Waals surface area contributed by atoms with Crippen molar-refractivity contribution in [2.75, 3.05) is 17.2 Å². The zero-order chi connectivity index (χ0) is 13.9. The van der Waals surface area contributed by atoms with Crippen LogP contribution >= 0.6 is 27.3 Å². The molecule has 0 unspecified atom stereocenters. The molecule has 0 amide bonds. The minimum Gasteiger partial charge on any atom is -0.363 e. The summed E-state index contributed by atoms with van der Waals surface area (Å²) in [5.74, 6) is 1.34. The van der Waals surface area contributed by atoms with Crippen molar-refractivity contribution in [3.8, 4) is 0 Å². The van der Waals surface area contributed by atoms with Gasteiger partial charge in [-0.3, -0.25) is 0 Å². The molecule has 0 radical (unpaired) electrons. The Morgan fingerprint density at radius 1 is 1.35 bits per heavy atom. The Balaban J connectivity index is 1.87. The van der Waals surface area contributed by atoms with Gasteiger partial charge in [0.15, 0.2) is 11.5 Å². The molecular weight excluding hydrogens is 340 g/mol. The summed E-state index contributed by atoms with van der Waals surface area (Å²) in [6.45, 7) is 3.49. The van der Waals surface area contributed by atoms with E-state index in [2.05, 4.69) is 57.9 Å². The van der Waals surface area contributed by atoms with Crippen molar-refractivity contribution in [3.05, 3.63) is 27.1 Å². The number of nitrogens with zero attached hydrogens (tertiary/aromatic N) is 3. The number of aromatic amines is 1. The number of hydrogen-bond acceptors (Lipinski definition) is 6. The number of aromatic nitrogens is 4. The van der Waals surface area contributed by atoms with Gasteiger partial charge in [0.1, 0.15) is 5.52 Å². The second-order valence-corrected chi connectivity index (χ2v) is 6.02. The van der Waals surface area contributed by atoms with Crippen LogP contribution in [0.2, 0.25) is 0 Å². The van der Waals surface area contributed by atoms with Crippen molar-refractivity contribution < 1.29 is 0 Å². The summed E-state index contributed by atoms with van der Waals surface area (Å²) in [6.07, 6.45) is 1.63. The van der Waals surface area contributed by atoms with Gasteiger partial charge in [-0.25, -0.2) is 4.98 Å². The molecule has 0 aliphatic rings. The molecule has 0 fully saturated rings. The first-order valence-electron chi connectivity index (χ1n) is 6.18. The number of nitrogens with one attached hydrogen (secondary N) is 3. The SMILES string of the molecule is CCNc1nc(NCc2cc(Br)cs2)c2[nH]cnc2n1. The number of hydrogen-bond donors (Lipinski definition) is 3. The molecule has 3 aromatic heterocycles. The molecule has 0 saturated carbocycles. The highest BCUT2D eigenvalue weighted by molar-refractivity contribution is 9.10. The van der Waals surface area contributed by atoms with Crippen LogP contribution in [0.25, 0.3) is 11.2 Å². The Hall–Kier alpha value is -1.67. The van der Waals surface area contributed by atoms with E-state index in [-0.39, 0.29) is 0 Å². The van der Waals surface area contributed by atoms with Crippen LogP contribution < -0.4 is 10.6 Å². The van der Waals surface area contributed by atoms with Crippen molar-refractivity contribution in [3.63, 3.8) is 0 Å². The molecule has 0 aromatic carbocycles. The number of imidazole rings is 1. The van der Waals surface area contributed by atoms with E-state index in [4.69, 9.17) is 0 Å². The summed E-state index contributed by atoms with van der Waals surface area (Å²) in [5.41, 5.74) is 1.48. The van der Waals surface area contributed by atoms with Gasteiger partial charge >= 0.3 is 0 Å². The molecule has 104 valence electrons. The van der Waals surface area contributed by atoms with Crippen LogP contribution in [0.4, 0.5) is 11.8 Å². The quantitative estimate of drug-likeness (QED) is 0.656. The fourth-order valence-corrected chi connectivity index (χ4v) is 3.21. The molecule has 0 spiro atoms. The van der Waals surface area contributed by atoms with Gasteiger partial charge in [0, 0.05) is 21.3 Å². The van der Waals surface area contributed by atoms with E-state index >= 15 is 0 Å². The first kappa shape index (κ1) is 13.3. The highest BCUT2D eigenvalue weighted by atomic mass is 79.9. The van der Waals surface area contributed by atoms with E-state index in [1.165, 1.54) is 4.88 Å². The number of rotatable bonds is 5. The van der Waals surface area contributed by atoms with Crippen molar-refractivity contribution >= 4 is 50.2 Å². The lowest BCUT2D eigenvalue weighted by Crippen LogP contribution is -2.07. The van der Waals surface area contributed by atoms with Crippen LogP contribution in [-0.4, -0.2) is 26.5 Å². The Morgan fingerprint density at radius 2 is 2.25 bits per heavy atom. The van der Waals surface area contributed by atoms with Crippen LogP contribution in [0, 0.1) is 0 Å². The lowest BCUT2D eigenvalue weighted by Gasteiger charge is -2.07. The van der Waals surface area contributed by atoms with Crippen LogP contribution in [0.15, 0.2) is 22.2 Å². The van der Waals surface area contributed by atoms with E-state index in [9.17, 15) is 0 Å². The third-order valence-electron chi connectivity index (χ3n) is 2.67. The van der Waals surface area contributed by atoms with Gasteiger partial charge in [-0.05, 0) is 28.9 Å². The molecule has 0 aliphatic heterocycles. The Labute approximate surface area is 128 Å².